The van der Waals surface area contributed by atoms with Gasteiger partial charge in [0.05, 0.1) is 12.5 Å². The van der Waals surface area contributed by atoms with Crippen molar-refractivity contribution in [1.29, 1.82) is 5.26 Å². The lowest BCUT2D eigenvalue weighted by Crippen LogP contribution is -2.21. The Bertz CT molecular complexity index is 1360. The standard InChI is InChI=1S/C32H34N2O5/c1-3-4-5-6-7-17-36-24-13-11-23(12-14-24)31-27-16-15-26(19-29(27)39-32(34)28(31)20-33)38-30(35)21-37-25-10-8-9-22(2)18-25/h8-16,18-19,31H,3-7,17,21,34H2,1-2H3. The highest BCUT2D eigenvalue weighted by molar-refractivity contribution is 5.74. The molecular formula is C32H34N2O5. The number of aryl methyl sites for hydroxylation is 1. The van der Waals surface area contributed by atoms with E-state index < -0.39 is 11.9 Å². The summed E-state index contributed by atoms with van der Waals surface area (Å²) in [5.74, 6) is 1.15. The summed E-state index contributed by atoms with van der Waals surface area (Å²) in [6.07, 6.45) is 5.90. The lowest BCUT2D eigenvalue weighted by molar-refractivity contribution is -0.136. The Labute approximate surface area is 229 Å². The van der Waals surface area contributed by atoms with E-state index in [0.717, 1.165) is 35.3 Å². The molecule has 3 aromatic carbocycles. The highest BCUT2D eigenvalue weighted by Crippen LogP contribution is 2.43. The monoisotopic (exact) mass is 526 g/mol. The van der Waals surface area contributed by atoms with E-state index in [1.165, 1.54) is 19.3 Å². The summed E-state index contributed by atoms with van der Waals surface area (Å²) < 4.78 is 22.6. The number of ether oxygens (including phenoxy) is 4. The molecule has 0 amide bonds. The van der Waals surface area contributed by atoms with Crippen LogP contribution >= 0.6 is 0 Å². The molecule has 1 aliphatic heterocycles. The van der Waals surface area contributed by atoms with Crippen LogP contribution in [0.25, 0.3) is 0 Å². The van der Waals surface area contributed by atoms with E-state index in [4.69, 9.17) is 24.7 Å². The molecule has 0 bridgehead atoms. The second kappa shape index (κ2) is 13.4. The predicted molar refractivity (Wildman–Crippen MR) is 149 cm³/mol. The van der Waals surface area contributed by atoms with E-state index in [9.17, 15) is 10.1 Å². The highest BCUT2D eigenvalue weighted by atomic mass is 16.6. The maximum Gasteiger partial charge on any atom is 0.349 e. The number of hydrogen-bond donors (Lipinski definition) is 1. The number of benzene rings is 3. The number of fused-ring (bicyclic) bond motifs is 1. The first-order chi connectivity index (χ1) is 19.0. The third-order valence-electron chi connectivity index (χ3n) is 6.50. The van der Waals surface area contributed by atoms with Gasteiger partial charge in [0.25, 0.3) is 0 Å². The number of nitriles is 1. The predicted octanol–water partition coefficient (Wildman–Crippen LogP) is 6.55. The minimum Gasteiger partial charge on any atom is -0.494 e. The molecule has 1 heterocycles. The Hall–Kier alpha value is -4.44. The van der Waals surface area contributed by atoms with Crippen LogP contribution in [-0.2, 0) is 4.79 Å². The van der Waals surface area contributed by atoms with E-state index in [2.05, 4.69) is 13.0 Å². The first-order valence-electron chi connectivity index (χ1n) is 13.3. The van der Waals surface area contributed by atoms with Gasteiger partial charge in [-0.2, -0.15) is 5.26 Å². The number of unbranched alkanes of at least 4 members (excludes halogenated alkanes) is 4. The Kier molecular flexibility index (Phi) is 9.47. The van der Waals surface area contributed by atoms with Crippen LogP contribution in [0.3, 0.4) is 0 Å². The van der Waals surface area contributed by atoms with E-state index >= 15 is 0 Å². The van der Waals surface area contributed by atoms with Gasteiger partial charge in [0, 0.05) is 11.6 Å². The molecule has 0 spiro atoms. The van der Waals surface area contributed by atoms with Crippen molar-refractivity contribution in [2.45, 2.75) is 51.9 Å². The van der Waals surface area contributed by atoms with Gasteiger partial charge in [0.1, 0.15) is 34.6 Å². The fourth-order valence-electron chi connectivity index (χ4n) is 4.50. The van der Waals surface area contributed by atoms with Gasteiger partial charge in [-0.1, -0.05) is 62.9 Å². The Balaban J connectivity index is 1.43. The summed E-state index contributed by atoms with van der Waals surface area (Å²) in [6, 6.07) is 22.4. The molecule has 1 aliphatic rings. The minimum atomic E-state index is -0.550. The summed E-state index contributed by atoms with van der Waals surface area (Å²) in [6.45, 7) is 4.59. The van der Waals surface area contributed by atoms with Gasteiger partial charge in [-0.05, 0) is 54.8 Å². The largest absolute Gasteiger partial charge is 0.494 e. The minimum absolute atomic E-state index is 0.0219. The third kappa shape index (κ3) is 7.32. The molecule has 0 radical (unpaired) electrons. The van der Waals surface area contributed by atoms with Crippen LogP contribution in [0.15, 0.2) is 78.2 Å². The second-order valence-corrected chi connectivity index (χ2v) is 9.54. The lowest BCUT2D eigenvalue weighted by atomic mass is 9.83. The molecule has 0 fully saturated rings. The first kappa shape index (κ1) is 27.6. The lowest BCUT2D eigenvalue weighted by Gasteiger charge is -2.26. The summed E-state index contributed by atoms with van der Waals surface area (Å²) in [4.78, 5) is 12.4. The fourth-order valence-corrected chi connectivity index (χ4v) is 4.50. The summed E-state index contributed by atoms with van der Waals surface area (Å²) in [5.41, 5.74) is 9.12. The van der Waals surface area contributed by atoms with Crippen molar-refractivity contribution in [3.8, 4) is 29.1 Å². The van der Waals surface area contributed by atoms with Gasteiger partial charge in [0.2, 0.25) is 5.88 Å². The molecule has 7 nitrogen and oxygen atoms in total. The molecular weight excluding hydrogens is 492 g/mol. The topological polar surface area (TPSA) is 104 Å². The van der Waals surface area contributed by atoms with Gasteiger partial charge in [-0.15, -0.1) is 0 Å². The van der Waals surface area contributed by atoms with E-state index in [-0.39, 0.29) is 12.5 Å². The maximum absolute atomic E-state index is 12.4. The number of hydrogen-bond acceptors (Lipinski definition) is 7. The number of nitrogens with two attached hydrogens (primary N) is 1. The second-order valence-electron chi connectivity index (χ2n) is 9.54. The molecule has 0 saturated carbocycles. The van der Waals surface area contributed by atoms with Crippen LogP contribution in [0.5, 0.6) is 23.0 Å². The first-order valence-corrected chi connectivity index (χ1v) is 13.3. The van der Waals surface area contributed by atoms with Crippen LogP contribution in [0.4, 0.5) is 0 Å². The van der Waals surface area contributed by atoms with Crippen molar-refractivity contribution in [3.05, 3.63) is 94.9 Å². The quantitative estimate of drug-likeness (QED) is 0.162. The number of esters is 1. The third-order valence-corrected chi connectivity index (χ3v) is 6.50. The van der Waals surface area contributed by atoms with Crippen LogP contribution in [0.1, 0.15) is 61.6 Å². The van der Waals surface area contributed by atoms with Crippen LogP contribution in [0, 0.1) is 18.3 Å². The van der Waals surface area contributed by atoms with Crippen molar-refractivity contribution >= 4 is 5.97 Å². The Morgan fingerprint density at radius 3 is 2.46 bits per heavy atom. The fraction of sp³-hybridized carbons (Fsp3) is 0.312. The highest BCUT2D eigenvalue weighted by Gasteiger charge is 2.31. The summed E-state index contributed by atoms with van der Waals surface area (Å²) in [7, 11) is 0. The van der Waals surface area contributed by atoms with Gasteiger partial charge < -0.3 is 24.7 Å². The zero-order valence-electron chi connectivity index (χ0n) is 22.4. The molecule has 0 aromatic heterocycles. The molecule has 0 saturated heterocycles. The normalized spacial score (nSPS) is 14.1. The number of rotatable bonds is 12. The Morgan fingerprint density at radius 1 is 0.949 bits per heavy atom. The maximum atomic E-state index is 12.4. The summed E-state index contributed by atoms with van der Waals surface area (Å²) in [5, 5.41) is 9.85. The van der Waals surface area contributed by atoms with Gasteiger partial charge in [0.15, 0.2) is 6.61 Å². The van der Waals surface area contributed by atoms with Crippen molar-refractivity contribution in [2.24, 2.45) is 5.73 Å². The molecule has 4 rings (SSSR count). The number of nitrogens with zero attached hydrogens (tertiary/aromatic N) is 1. The molecule has 1 unspecified atom stereocenters. The van der Waals surface area contributed by atoms with Crippen LogP contribution < -0.4 is 24.7 Å². The van der Waals surface area contributed by atoms with Crippen molar-refractivity contribution in [3.63, 3.8) is 0 Å². The van der Waals surface area contributed by atoms with Gasteiger partial charge in [-0.3, -0.25) is 0 Å². The average molecular weight is 527 g/mol. The molecule has 0 aliphatic carbocycles. The van der Waals surface area contributed by atoms with E-state index in [1.54, 1.807) is 24.3 Å². The van der Waals surface area contributed by atoms with Gasteiger partial charge >= 0.3 is 5.97 Å². The number of carbonyl (C=O) groups excluding carboxylic acids is 1. The Morgan fingerprint density at radius 2 is 1.72 bits per heavy atom. The van der Waals surface area contributed by atoms with Crippen LogP contribution in [0.2, 0.25) is 0 Å². The summed E-state index contributed by atoms with van der Waals surface area (Å²) >= 11 is 0. The number of allylic oxidation sites excluding steroid dienone is 1. The SMILES string of the molecule is CCCCCCCOc1ccc(C2C(C#N)=C(N)Oc3cc(OC(=O)COc4cccc(C)c4)ccc32)cc1. The smallest absolute Gasteiger partial charge is 0.349 e. The van der Waals surface area contributed by atoms with Gasteiger partial charge in [-0.25, -0.2) is 4.79 Å². The van der Waals surface area contributed by atoms with Crippen molar-refractivity contribution in [2.75, 3.05) is 13.2 Å². The average Bonchev–Trinajstić information content (AvgIpc) is 2.93. The molecule has 7 heteroatoms. The number of carbonyl (C=O) groups is 1. The zero-order valence-corrected chi connectivity index (χ0v) is 22.4. The van der Waals surface area contributed by atoms with Crippen molar-refractivity contribution in [1.82, 2.24) is 0 Å². The molecule has 3 aromatic rings. The van der Waals surface area contributed by atoms with Crippen LogP contribution in [-0.4, -0.2) is 19.2 Å². The molecule has 2 N–H and O–H groups in total. The zero-order chi connectivity index (χ0) is 27.6. The molecule has 39 heavy (non-hydrogen) atoms. The van der Waals surface area contributed by atoms with E-state index in [1.807, 2.05) is 49.4 Å². The van der Waals surface area contributed by atoms with Crippen molar-refractivity contribution < 1.29 is 23.7 Å². The molecule has 1 atom stereocenters. The van der Waals surface area contributed by atoms with E-state index in [0.29, 0.717) is 29.4 Å². The molecule has 202 valence electrons.